The lowest BCUT2D eigenvalue weighted by molar-refractivity contribution is 0.0934. The van der Waals surface area contributed by atoms with E-state index in [2.05, 4.69) is 15.3 Å². The molecular weight excluding hydrogens is 357 g/mol. The smallest absolute Gasteiger partial charge is 0.253 e. The highest BCUT2D eigenvalue weighted by Crippen LogP contribution is 2.23. The van der Waals surface area contributed by atoms with Crippen LogP contribution in [-0.2, 0) is 0 Å². The molecule has 0 bridgehead atoms. The number of rotatable bonds is 5. The van der Waals surface area contributed by atoms with Crippen molar-refractivity contribution >= 4 is 29.1 Å². The lowest BCUT2D eigenvalue weighted by atomic mass is 10.1. The number of carbonyl (C=O) groups excluding carboxylic acids is 1. The van der Waals surface area contributed by atoms with E-state index in [0.29, 0.717) is 27.9 Å². The molecule has 3 aromatic rings. The highest BCUT2D eigenvalue weighted by Gasteiger charge is 2.19. The largest absolute Gasteiger partial charge is 0.342 e. The second-order valence-corrected chi connectivity index (χ2v) is 6.45. The van der Waals surface area contributed by atoms with Crippen LogP contribution in [0.5, 0.6) is 0 Å². The van der Waals surface area contributed by atoms with E-state index in [1.54, 1.807) is 24.4 Å². The quantitative estimate of drug-likeness (QED) is 0.640. The highest BCUT2D eigenvalue weighted by molar-refractivity contribution is 6.35. The Hall–Kier alpha value is -2.30. The molecule has 0 spiro atoms. The number of halogens is 2. The molecule has 0 aliphatic rings. The molecule has 0 saturated carbocycles. The Balaban J connectivity index is 1.80. The van der Waals surface area contributed by atoms with Crippen LogP contribution in [0.15, 0.2) is 54.7 Å². The summed E-state index contributed by atoms with van der Waals surface area (Å²) in [5.41, 5.74) is 2.30. The predicted octanol–water partition coefficient (Wildman–Crippen LogP) is 5.26. The van der Waals surface area contributed by atoms with Gasteiger partial charge in [0.15, 0.2) is 0 Å². The molecular formula is C19H17Cl2N3O. The molecule has 25 heavy (non-hydrogen) atoms. The molecule has 128 valence electrons. The average Bonchev–Trinajstić information content (AvgIpc) is 3.12. The standard InChI is InChI=1S/C19H17Cl2N3O/c1-2-16(24-19(25)14-10-13(20)8-9-15(14)21)18-22-11-17(23-18)12-6-4-3-5-7-12/h3-11,16H,2H2,1H3,(H,22,23)(H,24,25). The lowest BCUT2D eigenvalue weighted by Crippen LogP contribution is -2.29. The Morgan fingerprint density at radius 1 is 1.20 bits per heavy atom. The third-order valence-corrected chi connectivity index (χ3v) is 4.46. The number of benzene rings is 2. The zero-order chi connectivity index (χ0) is 17.8. The van der Waals surface area contributed by atoms with Gasteiger partial charge in [0.05, 0.1) is 28.5 Å². The van der Waals surface area contributed by atoms with Gasteiger partial charge in [-0.1, -0.05) is 60.5 Å². The van der Waals surface area contributed by atoms with Gasteiger partial charge in [0.1, 0.15) is 5.82 Å². The van der Waals surface area contributed by atoms with Crippen molar-refractivity contribution in [2.75, 3.05) is 0 Å². The van der Waals surface area contributed by atoms with Gasteiger partial charge in [-0.05, 0) is 30.2 Å². The van der Waals surface area contributed by atoms with E-state index >= 15 is 0 Å². The van der Waals surface area contributed by atoms with Crippen LogP contribution in [0.4, 0.5) is 0 Å². The third kappa shape index (κ3) is 4.03. The van der Waals surface area contributed by atoms with Gasteiger partial charge >= 0.3 is 0 Å². The normalized spacial score (nSPS) is 12.0. The summed E-state index contributed by atoms with van der Waals surface area (Å²) in [4.78, 5) is 20.2. The molecule has 0 radical (unpaired) electrons. The second-order valence-electron chi connectivity index (χ2n) is 5.61. The van der Waals surface area contributed by atoms with Gasteiger partial charge < -0.3 is 10.3 Å². The maximum Gasteiger partial charge on any atom is 0.253 e. The van der Waals surface area contributed by atoms with Crippen molar-refractivity contribution in [2.24, 2.45) is 0 Å². The molecule has 0 fully saturated rings. The molecule has 1 heterocycles. The van der Waals surface area contributed by atoms with Gasteiger partial charge in [-0.2, -0.15) is 0 Å². The van der Waals surface area contributed by atoms with Crippen LogP contribution in [-0.4, -0.2) is 15.9 Å². The van der Waals surface area contributed by atoms with E-state index in [1.807, 2.05) is 37.3 Å². The fraction of sp³-hybridized carbons (Fsp3) is 0.158. The number of nitrogens with one attached hydrogen (secondary N) is 2. The van der Waals surface area contributed by atoms with Crippen LogP contribution >= 0.6 is 23.2 Å². The van der Waals surface area contributed by atoms with E-state index in [1.165, 1.54) is 0 Å². The zero-order valence-corrected chi connectivity index (χ0v) is 15.1. The maximum atomic E-state index is 12.5. The molecule has 0 aliphatic carbocycles. The number of carbonyl (C=O) groups is 1. The summed E-state index contributed by atoms with van der Waals surface area (Å²) in [5.74, 6) is 0.421. The second kappa shape index (κ2) is 7.72. The fourth-order valence-corrected chi connectivity index (χ4v) is 2.92. The topological polar surface area (TPSA) is 57.8 Å². The van der Waals surface area contributed by atoms with Crippen molar-refractivity contribution in [3.05, 3.63) is 76.2 Å². The Kier molecular flexibility index (Phi) is 5.41. The first kappa shape index (κ1) is 17.5. The average molecular weight is 374 g/mol. The molecule has 2 aromatic carbocycles. The van der Waals surface area contributed by atoms with Crippen LogP contribution in [0.3, 0.4) is 0 Å². The van der Waals surface area contributed by atoms with Gasteiger partial charge in [0, 0.05) is 5.02 Å². The first-order valence-corrected chi connectivity index (χ1v) is 8.70. The number of hydrogen-bond donors (Lipinski definition) is 2. The van der Waals surface area contributed by atoms with E-state index in [0.717, 1.165) is 11.3 Å². The zero-order valence-electron chi connectivity index (χ0n) is 13.6. The van der Waals surface area contributed by atoms with Crippen molar-refractivity contribution in [1.29, 1.82) is 0 Å². The third-order valence-electron chi connectivity index (χ3n) is 3.90. The first-order valence-electron chi connectivity index (χ1n) is 7.94. The first-order chi connectivity index (χ1) is 12.1. The number of amides is 1. The van der Waals surface area contributed by atoms with Gasteiger partial charge in [0.2, 0.25) is 0 Å². The van der Waals surface area contributed by atoms with Gasteiger partial charge in [-0.15, -0.1) is 0 Å². The number of nitrogens with zero attached hydrogens (tertiary/aromatic N) is 1. The van der Waals surface area contributed by atoms with Crippen LogP contribution in [0.2, 0.25) is 10.0 Å². The molecule has 0 aliphatic heterocycles. The van der Waals surface area contributed by atoms with Gasteiger partial charge in [0.25, 0.3) is 5.91 Å². The molecule has 3 rings (SSSR count). The summed E-state index contributed by atoms with van der Waals surface area (Å²) < 4.78 is 0. The number of aromatic nitrogens is 2. The minimum Gasteiger partial charge on any atom is -0.342 e. The number of H-pyrrole nitrogens is 1. The van der Waals surface area contributed by atoms with Crippen molar-refractivity contribution < 1.29 is 4.79 Å². The number of hydrogen-bond acceptors (Lipinski definition) is 2. The SMILES string of the molecule is CCC(NC(=O)c1cc(Cl)ccc1Cl)c1ncc(-c2ccccc2)[nH]1. The van der Waals surface area contributed by atoms with Crippen molar-refractivity contribution in [2.45, 2.75) is 19.4 Å². The molecule has 6 heteroatoms. The summed E-state index contributed by atoms with van der Waals surface area (Å²) >= 11 is 12.1. The summed E-state index contributed by atoms with van der Waals surface area (Å²) in [5, 5.41) is 3.78. The molecule has 0 saturated heterocycles. The summed E-state index contributed by atoms with van der Waals surface area (Å²) in [6, 6.07) is 14.5. The summed E-state index contributed by atoms with van der Waals surface area (Å²) in [6.07, 6.45) is 2.46. The predicted molar refractivity (Wildman–Crippen MR) is 101 cm³/mol. The van der Waals surface area contributed by atoms with Crippen LogP contribution in [0, 0.1) is 0 Å². The van der Waals surface area contributed by atoms with Crippen LogP contribution in [0.25, 0.3) is 11.3 Å². The minimum absolute atomic E-state index is 0.250. The van der Waals surface area contributed by atoms with Gasteiger partial charge in [-0.25, -0.2) is 4.98 Å². The van der Waals surface area contributed by atoms with Crippen molar-refractivity contribution in [1.82, 2.24) is 15.3 Å². The molecule has 4 nitrogen and oxygen atoms in total. The van der Waals surface area contributed by atoms with Crippen molar-refractivity contribution in [3.63, 3.8) is 0 Å². The van der Waals surface area contributed by atoms with Crippen LogP contribution in [0.1, 0.15) is 35.6 Å². The summed E-state index contributed by atoms with van der Waals surface area (Å²) in [7, 11) is 0. The minimum atomic E-state index is -0.281. The van der Waals surface area contributed by atoms with E-state index < -0.39 is 0 Å². The molecule has 1 unspecified atom stereocenters. The van der Waals surface area contributed by atoms with Crippen LogP contribution < -0.4 is 5.32 Å². The molecule has 1 amide bonds. The van der Waals surface area contributed by atoms with Crippen molar-refractivity contribution in [3.8, 4) is 11.3 Å². The lowest BCUT2D eigenvalue weighted by Gasteiger charge is -2.15. The molecule has 1 atom stereocenters. The Morgan fingerprint density at radius 2 is 1.96 bits per heavy atom. The highest BCUT2D eigenvalue weighted by atomic mass is 35.5. The number of aromatic amines is 1. The number of imidazole rings is 1. The van der Waals surface area contributed by atoms with Gasteiger partial charge in [-0.3, -0.25) is 4.79 Å². The Labute approximate surface area is 156 Å². The monoisotopic (exact) mass is 373 g/mol. The van der Waals surface area contributed by atoms with E-state index in [9.17, 15) is 4.79 Å². The fourth-order valence-electron chi connectivity index (χ4n) is 2.55. The molecule has 2 N–H and O–H groups in total. The Bertz CT molecular complexity index is 877. The van der Waals surface area contributed by atoms with E-state index in [4.69, 9.17) is 23.2 Å². The maximum absolute atomic E-state index is 12.5. The summed E-state index contributed by atoms with van der Waals surface area (Å²) in [6.45, 7) is 1.98. The Morgan fingerprint density at radius 3 is 2.68 bits per heavy atom. The molecule has 1 aromatic heterocycles. The van der Waals surface area contributed by atoms with E-state index in [-0.39, 0.29) is 11.9 Å².